The van der Waals surface area contributed by atoms with Crippen molar-refractivity contribution in [3.8, 4) is 0 Å². The molecule has 1 aromatic heterocycles. The molecule has 5 heteroatoms. The molecule has 0 spiro atoms. The highest BCUT2D eigenvalue weighted by Gasteiger charge is 2.15. The Morgan fingerprint density at radius 2 is 2.05 bits per heavy atom. The molecule has 0 atom stereocenters. The molecule has 1 heterocycles. The third kappa shape index (κ3) is 4.53. The molecule has 0 bridgehead atoms. The van der Waals surface area contributed by atoms with Crippen LogP contribution in [0, 0.1) is 0 Å². The second kappa shape index (κ2) is 7.55. The highest BCUT2D eigenvalue weighted by Crippen LogP contribution is 2.21. The van der Waals surface area contributed by atoms with Crippen LogP contribution in [0.1, 0.15) is 23.0 Å². The van der Waals surface area contributed by atoms with E-state index < -0.39 is 0 Å². The molecule has 0 radical (unpaired) electrons. The normalized spacial score (nSPS) is 10.9. The van der Waals surface area contributed by atoms with E-state index in [0.717, 1.165) is 12.2 Å². The number of Topliss-reactive ketones (excluding diaryl/α,β-unsaturated/α-hetero) is 1. The SMILES string of the molecule is CCN(CC(=O)c1cc(Cl)ccc1Cl)Cc1ccccn1. The molecule has 0 N–H and O–H groups in total. The van der Waals surface area contributed by atoms with E-state index in [1.54, 1.807) is 24.4 Å². The van der Waals surface area contributed by atoms with Gasteiger partial charge >= 0.3 is 0 Å². The van der Waals surface area contributed by atoms with Crippen LogP contribution in [0.15, 0.2) is 42.6 Å². The Morgan fingerprint density at radius 3 is 2.71 bits per heavy atom. The van der Waals surface area contributed by atoms with Gasteiger partial charge in [0.25, 0.3) is 0 Å². The summed E-state index contributed by atoms with van der Waals surface area (Å²) in [4.78, 5) is 18.7. The number of rotatable bonds is 6. The van der Waals surface area contributed by atoms with Crippen molar-refractivity contribution >= 4 is 29.0 Å². The number of benzene rings is 1. The Labute approximate surface area is 134 Å². The Hall–Kier alpha value is -1.42. The summed E-state index contributed by atoms with van der Waals surface area (Å²) in [6.07, 6.45) is 1.75. The van der Waals surface area contributed by atoms with Crippen LogP contribution in [0.3, 0.4) is 0 Å². The number of pyridine rings is 1. The minimum absolute atomic E-state index is 0.0414. The van der Waals surface area contributed by atoms with Crippen molar-refractivity contribution < 1.29 is 4.79 Å². The number of carbonyl (C=O) groups is 1. The van der Waals surface area contributed by atoms with Crippen molar-refractivity contribution in [2.45, 2.75) is 13.5 Å². The maximum atomic E-state index is 12.4. The fraction of sp³-hybridized carbons (Fsp3) is 0.250. The summed E-state index contributed by atoms with van der Waals surface area (Å²) in [6.45, 7) is 3.67. The topological polar surface area (TPSA) is 33.2 Å². The molecule has 3 nitrogen and oxygen atoms in total. The maximum Gasteiger partial charge on any atom is 0.178 e. The number of hydrogen-bond acceptors (Lipinski definition) is 3. The molecule has 0 fully saturated rings. The second-order valence-corrected chi connectivity index (χ2v) is 5.52. The van der Waals surface area contributed by atoms with Crippen LogP contribution in [0.25, 0.3) is 0 Å². The molecule has 0 aliphatic carbocycles. The van der Waals surface area contributed by atoms with Crippen molar-refractivity contribution in [2.75, 3.05) is 13.1 Å². The lowest BCUT2D eigenvalue weighted by Crippen LogP contribution is -2.29. The zero-order valence-corrected chi connectivity index (χ0v) is 13.2. The highest BCUT2D eigenvalue weighted by atomic mass is 35.5. The molecule has 21 heavy (non-hydrogen) atoms. The zero-order chi connectivity index (χ0) is 15.2. The van der Waals surface area contributed by atoms with Gasteiger partial charge < -0.3 is 0 Å². The first-order valence-electron chi connectivity index (χ1n) is 6.70. The van der Waals surface area contributed by atoms with Crippen molar-refractivity contribution in [3.63, 3.8) is 0 Å². The van der Waals surface area contributed by atoms with E-state index in [1.807, 2.05) is 30.0 Å². The van der Waals surface area contributed by atoms with E-state index in [-0.39, 0.29) is 12.3 Å². The molecule has 0 aliphatic rings. The number of ketones is 1. The van der Waals surface area contributed by atoms with E-state index in [4.69, 9.17) is 23.2 Å². The molecule has 0 aliphatic heterocycles. The number of likely N-dealkylation sites (N-methyl/N-ethyl adjacent to an activating group) is 1. The number of nitrogens with zero attached hydrogens (tertiary/aromatic N) is 2. The first-order valence-corrected chi connectivity index (χ1v) is 7.46. The van der Waals surface area contributed by atoms with Gasteiger partial charge in [0.1, 0.15) is 0 Å². The van der Waals surface area contributed by atoms with E-state index in [1.165, 1.54) is 0 Å². The Bertz CT molecular complexity index is 617. The van der Waals surface area contributed by atoms with Gasteiger partial charge in [-0.2, -0.15) is 0 Å². The molecular weight excluding hydrogens is 307 g/mol. The average molecular weight is 323 g/mol. The summed E-state index contributed by atoms with van der Waals surface area (Å²) < 4.78 is 0. The van der Waals surface area contributed by atoms with Gasteiger partial charge in [-0.15, -0.1) is 0 Å². The number of halogens is 2. The Morgan fingerprint density at radius 1 is 1.24 bits per heavy atom. The number of carbonyl (C=O) groups excluding carboxylic acids is 1. The van der Waals surface area contributed by atoms with E-state index in [0.29, 0.717) is 22.2 Å². The smallest absolute Gasteiger partial charge is 0.178 e. The molecule has 0 saturated heterocycles. The molecular formula is C16H16Cl2N2O. The van der Waals surface area contributed by atoms with Crippen molar-refractivity contribution in [3.05, 3.63) is 63.9 Å². The van der Waals surface area contributed by atoms with E-state index in [2.05, 4.69) is 4.98 Å². The molecule has 0 unspecified atom stereocenters. The van der Waals surface area contributed by atoms with Crippen LogP contribution in [-0.4, -0.2) is 28.8 Å². The van der Waals surface area contributed by atoms with Crippen molar-refractivity contribution in [1.29, 1.82) is 0 Å². The van der Waals surface area contributed by atoms with Gasteiger partial charge in [-0.25, -0.2) is 0 Å². The maximum absolute atomic E-state index is 12.4. The van der Waals surface area contributed by atoms with Gasteiger partial charge in [-0.3, -0.25) is 14.7 Å². The van der Waals surface area contributed by atoms with Crippen LogP contribution in [-0.2, 0) is 6.54 Å². The minimum atomic E-state index is -0.0414. The predicted octanol–water partition coefficient (Wildman–Crippen LogP) is 4.09. The number of hydrogen-bond donors (Lipinski definition) is 0. The van der Waals surface area contributed by atoms with Crippen LogP contribution < -0.4 is 0 Å². The minimum Gasteiger partial charge on any atom is -0.293 e. The summed E-state index contributed by atoms with van der Waals surface area (Å²) in [5, 5.41) is 0.939. The molecule has 1 aromatic carbocycles. The second-order valence-electron chi connectivity index (χ2n) is 4.67. The summed E-state index contributed by atoms with van der Waals surface area (Å²) in [7, 11) is 0. The Balaban J connectivity index is 2.07. The molecule has 2 rings (SSSR count). The van der Waals surface area contributed by atoms with Gasteiger partial charge in [0.15, 0.2) is 5.78 Å². The lowest BCUT2D eigenvalue weighted by atomic mass is 10.1. The van der Waals surface area contributed by atoms with Crippen LogP contribution in [0.4, 0.5) is 0 Å². The Kier molecular flexibility index (Phi) is 5.74. The number of aromatic nitrogens is 1. The van der Waals surface area contributed by atoms with Gasteiger partial charge in [0.05, 0.1) is 17.3 Å². The van der Waals surface area contributed by atoms with E-state index in [9.17, 15) is 4.79 Å². The molecule has 0 amide bonds. The fourth-order valence-corrected chi connectivity index (χ4v) is 2.39. The zero-order valence-electron chi connectivity index (χ0n) is 11.7. The van der Waals surface area contributed by atoms with Gasteiger partial charge in [0, 0.05) is 23.3 Å². The summed E-state index contributed by atoms with van der Waals surface area (Å²) in [5.74, 6) is -0.0414. The van der Waals surface area contributed by atoms with Crippen molar-refractivity contribution in [1.82, 2.24) is 9.88 Å². The van der Waals surface area contributed by atoms with Gasteiger partial charge in [0.2, 0.25) is 0 Å². The summed E-state index contributed by atoms with van der Waals surface area (Å²) >= 11 is 12.0. The third-order valence-corrected chi connectivity index (χ3v) is 3.72. The fourth-order valence-electron chi connectivity index (χ4n) is 2.00. The lowest BCUT2D eigenvalue weighted by molar-refractivity contribution is 0.0929. The highest BCUT2D eigenvalue weighted by molar-refractivity contribution is 6.36. The van der Waals surface area contributed by atoms with Crippen LogP contribution >= 0.6 is 23.2 Å². The predicted molar refractivity (Wildman–Crippen MR) is 86.0 cm³/mol. The largest absolute Gasteiger partial charge is 0.293 e. The van der Waals surface area contributed by atoms with Gasteiger partial charge in [-0.05, 0) is 36.9 Å². The monoisotopic (exact) mass is 322 g/mol. The summed E-state index contributed by atoms with van der Waals surface area (Å²) in [6, 6.07) is 10.7. The van der Waals surface area contributed by atoms with Crippen LogP contribution in [0.5, 0.6) is 0 Å². The van der Waals surface area contributed by atoms with E-state index >= 15 is 0 Å². The molecule has 110 valence electrons. The lowest BCUT2D eigenvalue weighted by Gasteiger charge is -2.19. The molecule has 0 saturated carbocycles. The van der Waals surface area contributed by atoms with Crippen molar-refractivity contribution in [2.24, 2.45) is 0 Å². The first-order chi connectivity index (χ1) is 10.1. The molecule has 2 aromatic rings. The average Bonchev–Trinajstić information content (AvgIpc) is 2.50. The van der Waals surface area contributed by atoms with Gasteiger partial charge in [-0.1, -0.05) is 36.2 Å². The quantitative estimate of drug-likeness (QED) is 0.751. The first kappa shape index (κ1) is 16.0. The van der Waals surface area contributed by atoms with Crippen LogP contribution in [0.2, 0.25) is 10.0 Å². The third-order valence-electron chi connectivity index (χ3n) is 3.15. The summed E-state index contributed by atoms with van der Waals surface area (Å²) in [5.41, 5.74) is 1.40. The standard InChI is InChI=1S/C16H16Cl2N2O/c1-2-20(10-13-5-3-4-8-19-13)11-16(21)14-9-12(17)6-7-15(14)18/h3-9H,2,10-11H2,1H3.